The lowest BCUT2D eigenvalue weighted by molar-refractivity contribution is -0.116. The molecule has 1 aromatic rings. The van der Waals surface area contributed by atoms with Crippen LogP contribution in [0.25, 0.3) is 0 Å². The van der Waals surface area contributed by atoms with Crippen molar-refractivity contribution in [3.05, 3.63) is 29.3 Å². The first-order valence-corrected chi connectivity index (χ1v) is 6.57. The Morgan fingerprint density at radius 3 is 3.00 bits per heavy atom. The van der Waals surface area contributed by atoms with Crippen molar-refractivity contribution in [2.75, 3.05) is 25.5 Å². The van der Waals surface area contributed by atoms with Crippen molar-refractivity contribution in [2.24, 2.45) is 5.73 Å². The van der Waals surface area contributed by atoms with E-state index in [9.17, 15) is 9.90 Å². The zero-order valence-corrected chi connectivity index (χ0v) is 11.2. The summed E-state index contributed by atoms with van der Waals surface area (Å²) in [5.74, 6) is 0.0865. The summed E-state index contributed by atoms with van der Waals surface area (Å²) in [4.78, 5) is 13.3. The molecule has 4 N–H and O–H groups in total. The highest BCUT2D eigenvalue weighted by atomic mass is 16.3. The number of nitrogens with one attached hydrogen (secondary N) is 1. The van der Waals surface area contributed by atoms with Gasteiger partial charge >= 0.3 is 0 Å². The van der Waals surface area contributed by atoms with Gasteiger partial charge in [0.05, 0.1) is 6.10 Å². The zero-order chi connectivity index (χ0) is 13.8. The molecular weight excluding hydrogens is 242 g/mol. The van der Waals surface area contributed by atoms with E-state index < -0.39 is 6.10 Å². The molecule has 0 saturated carbocycles. The van der Waals surface area contributed by atoms with E-state index >= 15 is 0 Å². The number of nitrogens with zero attached hydrogens (tertiary/aromatic N) is 1. The highest BCUT2D eigenvalue weighted by Gasteiger charge is 2.15. The number of benzene rings is 1. The molecule has 0 fully saturated rings. The van der Waals surface area contributed by atoms with Gasteiger partial charge in [-0.2, -0.15) is 0 Å². The first-order valence-electron chi connectivity index (χ1n) is 6.57. The maximum absolute atomic E-state index is 11.3. The van der Waals surface area contributed by atoms with Gasteiger partial charge in [-0.25, -0.2) is 0 Å². The maximum Gasteiger partial charge on any atom is 0.224 e. The number of aliphatic hydroxyl groups excluding tert-OH is 1. The number of hydrogen-bond donors (Lipinski definition) is 3. The van der Waals surface area contributed by atoms with Crippen molar-refractivity contribution < 1.29 is 9.90 Å². The first-order chi connectivity index (χ1) is 9.08. The molecular formula is C14H21N3O2. The molecule has 0 aromatic heterocycles. The molecule has 1 aliphatic heterocycles. The standard InChI is InChI=1S/C14H21N3O2/c1-17(9-12(18)7-15)8-10-2-4-13-11(6-10)3-5-14(19)16-13/h2,4,6,12,18H,3,5,7-9,15H2,1H3,(H,16,19). The van der Waals surface area contributed by atoms with E-state index in [4.69, 9.17) is 5.73 Å². The van der Waals surface area contributed by atoms with Crippen LogP contribution < -0.4 is 11.1 Å². The van der Waals surface area contributed by atoms with Gasteiger partial charge in [-0.3, -0.25) is 9.69 Å². The van der Waals surface area contributed by atoms with Gasteiger partial charge in [0.25, 0.3) is 0 Å². The lowest BCUT2D eigenvalue weighted by Gasteiger charge is -2.22. The van der Waals surface area contributed by atoms with Gasteiger partial charge in [0.15, 0.2) is 0 Å². The number of likely N-dealkylation sites (N-methyl/N-ethyl adjacent to an activating group) is 1. The van der Waals surface area contributed by atoms with Crippen LogP contribution in [0.2, 0.25) is 0 Å². The number of hydrogen-bond acceptors (Lipinski definition) is 4. The van der Waals surface area contributed by atoms with E-state index in [1.807, 2.05) is 24.1 Å². The fourth-order valence-electron chi connectivity index (χ4n) is 2.35. The molecule has 0 radical (unpaired) electrons. The van der Waals surface area contributed by atoms with Crippen LogP contribution in [-0.2, 0) is 17.8 Å². The number of aliphatic hydroxyl groups is 1. The van der Waals surface area contributed by atoms with Gasteiger partial charge in [-0.15, -0.1) is 0 Å². The Hall–Kier alpha value is -1.43. The van der Waals surface area contributed by atoms with E-state index in [-0.39, 0.29) is 12.5 Å². The van der Waals surface area contributed by atoms with Crippen molar-refractivity contribution in [1.29, 1.82) is 0 Å². The van der Waals surface area contributed by atoms with Gasteiger partial charge in [-0.1, -0.05) is 12.1 Å². The third-order valence-electron chi connectivity index (χ3n) is 3.31. The molecule has 1 aromatic carbocycles. The molecule has 1 aliphatic rings. The van der Waals surface area contributed by atoms with Crippen LogP contribution in [0, 0.1) is 0 Å². The molecule has 5 heteroatoms. The third kappa shape index (κ3) is 3.76. The summed E-state index contributed by atoms with van der Waals surface area (Å²) >= 11 is 0. The predicted molar refractivity (Wildman–Crippen MR) is 74.8 cm³/mol. The second kappa shape index (κ2) is 6.14. The largest absolute Gasteiger partial charge is 0.390 e. The molecule has 104 valence electrons. The topological polar surface area (TPSA) is 78.6 Å². The van der Waals surface area contributed by atoms with Crippen molar-refractivity contribution in [2.45, 2.75) is 25.5 Å². The van der Waals surface area contributed by atoms with Crippen LogP contribution in [0.4, 0.5) is 5.69 Å². The molecule has 1 atom stereocenters. The van der Waals surface area contributed by atoms with Gasteiger partial charge in [0, 0.05) is 31.7 Å². The number of amides is 1. The molecule has 0 spiro atoms. The lowest BCUT2D eigenvalue weighted by Crippen LogP contribution is -2.33. The highest BCUT2D eigenvalue weighted by Crippen LogP contribution is 2.23. The van der Waals surface area contributed by atoms with Gasteiger partial charge in [0.2, 0.25) is 5.91 Å². The van der Waals surface area contributed by atoms with Crippen molar-refractivity contribution in [3.8, 4) is 0 Å². The molecule has 2 rings (SSSR count). The maximum atomic E-state index is 11.3. The minimum absolute atomic E-state index is 0.0865. The van der Waals surface area contributed by atoms with Crippen LogP contribution in [0.1, 0.15) is 17.5 Å². The monoisotopic (exact) mass is 263 g/mol. The third-order valence-corrected chi connectivity index (χ3v) is 3.31. The minimum atomic E-state index is -0.484. The number of rotatable bonds is 5. The van der Waals surface area contributed by atoms with Crippen molar-refractivity contribution in [1.82, 2.24) is 4.90 Å². The Kier molecular flexibility index (Phi) is 4.52. The Labute approximate surface area is 113 Å². The van der Waals surface area contributed by atoms with E-state index in [2.05, 4.69) is 11.4 Å². The summed E-state index contributed by atoms with van der Waals surface area (Å²) in [6.45, 7) is 1.60. The highest BCUT2D eigenvalue weighted by molar-refractivity contribution is 5.93. The summed E-state index contributed by atoms with van der Waals surface area (Å²) in [7, 11) is 1.96. The van der Waals surface area contributed by atoms with Crippen LogP contribution in [0.5, 0.6) is 0 Å². The van der Waals surface area contributed by atoms with Gasteiger partial charge < -0.3 is 16.2 Å². The van der Waals surface area contributed by atoms with Gasteiger partial charge in [0.1, 0.15) is 0 Å². The second-order valence-corrected chi connectivity index (χ2v) is 5.13. The van der Waals surface area contributed by atoms with Crippen molar-refractivity contribution >= 4 is 11.6 Å². The Morgan fingerprint density at radius 2 is 2.26 bits per heavy atom. The molecule has 1 amide bonds. The lowest BCUT2D eigenvalue weighted by atomic mass is 10.0. The fourth-order valence-corrected chi connectivity index (χ4v) is 2.35. The van der Waals surface area contributed by atoms with E-state index in [1.54, 1.807) is 0 Å². The average Bonchev–Trinajstić information content (AvgIpc) is 2.38. The molecule has 0 aliphatic carbocycles. The summed E-state index contributed by atoms with van der Waals surface area (Å²) in [5.41, 5.74) is 8.69. The summed E-state index contributed by atoms with van der Waals surface area (Å²) in [6.07, 6.45) is 0.865. The van der Waals surface area contributed by atoms with E-state index in [0.29, 0.717) is 13.0 Å². The number of carbonyl (C=O) groups is 1. The van der Waals surface area contributed by atoms with Crippen molar-refractivity contribution in [3.63, 3.8) is 0 Å². The molecule has 19 heavy (non-hydrogen) atoms. The molecule has 0 saturated heterocycles. The van der Waals surface area contributed by atoms with Crippen LogP contribution in [0.15, 0.2) is 18.2 Å². The first kappa shape index (κ1) is 14.0. The quantitative estimate of drug-likeness (QED) is 0.715. The molecule has 0 bridgehead atoms. The Balaban J connectivity index is 2.00. The van der Waals surface area contributed by atoms with Gasteiger partial charge in [-0.05, 0) is 30.7 Å². The average molecular weight is 263 g/mol. The number of aryl methyl sites for hydroxylation is 1. The second-order valence-electron chi connectivity index (χ2n) is 5.13. The summed E-state index contributed by atoms with van der Waals surface area (Å²) < 4.78 is 0. The molecule has 5 nitrogen and oxygen atoms in total. The summed E-state index contributed by atoms with van der Waals surface area (Å²) in [5, 5.41) is 12.4. The predicted octanol–water partition coefficient (Wildman–Crippen LogP) is 0.323. The number of carbonyl (C=O) groups excluding carboxylic acids is 1. The summed E-state index contributed by atoms with van der Waals surface area (Å²) in [6, 6.07) is 6.09. The Morgan fingerprint density at radius 1 is 1.47 bits per heavy atom. The molecule has 1 unspecified atom stereocenters. The molecule has 1 heterocycles. The van der Waals surface area contributed by atoms with E-state index in [0.717, 1.165) is 18.7 Å². The Bertz CT molecular complexity index is 462. The van der Waals surface area contributed by atoms with Crippen LogP contribution in [-0.4, -0.2) is 42.2 Å². The number of anilines is 1. The smallest absolute Gasteiger partial charge is 0.224 e. The minimum Gasteiger partial charge on any atom is -0.390 e. The number of fused-ring (bicyclic) bond motifs is 1. The van der Waals surface area contributed by atoms with E-state index in [1.165, 1.54) is 11.1 Å². The van der Waals surface area contributed by atoms with Crippen LogP contribution in [0.3, 0.4) is 0 Å². The number of nitrogens with two attached hydrogens (primary N) is 1. The fraction of sp³-hybridized carbons (Fsp3) is 0.500. The SMILES string of the molecule is CN(Cc1ccc2c(c1)CCC(=O)N2)CC(O)CN. The van der Waals surface area contributed by atoms with Crippen LogP contribution >= 0.6 is 0 Å². The normalized spacial score (nSPS) is 16.1. The zero-order valence-electron chi connectivity index (χ0n) is 11.2.